The highest BCUT2D eigenvalue weighted by atomic mass is 19.1. The topological polar surface area (TPSA) is 81.7 Å². The molecule has 1 heterocycles. The van der Waals surface area contributed by atoms with Gasteiger partial charge in [-0.05, 0) is 38.1 Å². The molecule has 122 valence electrons. The minimum Gasteiger partial charge on any atom is -0.463 e. The van der Waals surface area contributed by atoms with Crippen molar-refractivity contribution in [2.24, 2.45) is 5.92 Å². The molecular weight excluding hydrogens is 305 g/mol. The third kappa shape index (κ3) is 3.94. The van der Waals surface area contributed by atoms with Gasteiger partial charge in [-0.1, -0.05) is 0 Å². The van der Waals surface area contributed by atoms with E-state index >= 15 is 0 Å². The fourth-order valence-electron chi connectivity index (χ4n) is 2.28. The first-order chi connectivity index (χ1) is 10.9. The number of benzene rings is 1. The number of esters is 3. The number of anilines is 1. The number of cyclic esters (lactones) is 2. The Hall–Kier alpha value is -2.70. The normalized spacial score (nSPS) is 18.3. The molecule has 1 atom stereocenters. The van der Waals surface area contributed by atoms with Crippen LogP contribution in [0, 0.1) is 11.7 Å². The van der Waals surface area contributed by atoms with Crippen LogP contribution in [0.3, 0.4) is 0 Å². The molecule has 0 spiro atoms. The number of rotatable bonds is 5. The van der Waals surface area contributed by atoms with Gasteiger partial charge in [-0.15, -0.1) is 0 Å². The van der Waals surface area contributed by atoms with Crippen molar-refractivity contribution in [3.05, 3.63) is 41.4 Å². The Kier molecular flexibility index (Phi) is 5.10. The monoisotopic (exact) mass is 321 g/mol. The highest BCUT2D eigenvalue weighted by Crippen LogP contribution is 2.28. The summed E-state index contributed by atoms with van der Waals surface area (Å²) < 4.78 is 22.4. The van der Waals surface area contributed by atoms with Crippen LogP contribution in [-0.2, 0) is 23.9 Å². The minimum absolute atomic E-state index is 0.0343. The van der Waals surface area contributed by atoms with Gasteiger partial charge in [0.25, 0.3) is 0 Å². The molecule has 1 aliphatic rings. The molecule has 2 rings (SSSR count). The maximum absolute atomic E-state index is 12.9. The van der Waals surface area contributed by atoms with Gasteiger partial charge in [0.05, 0.1) is 18.6 Å². The molecule has 1 aromatic rings. The van der Waals surface area contributed by atoms with E-state index in [-0.39, 0.29) is 18.6 Å². The molecule has 1 N–H and O–H groups in total. The summed E-state index contributed by atoms with van der Waals surface area (Å²) in [7, 11) is 0. The molecule has 23 heavy (non-hydrogen) atoms. The van der Waals surface area contributed by atoms with Gasteiger partial charge < -0.3 is 14.8 Å². The van der Waals surface area contributed by atoms with E-state index in [1.54, 1.807) is 13.8 Å². The van der Waals surface area contributed by atoms with Crippen molar-refractivity contribution in [3.8, 4) is 0 Å². The van der Waals surface area contributed by atoms with Crippen molar-refractivity contribution in [2.45, 2.75) is 20.3 Å². The molecule has 1 aromatic carbocycles. The Balaban J connectivity index is 2.34. The molecule has 0 amide bonds. The summed E-state index contributed by atoms with van der Waals surface area (Å²) in [6.45, 7) is 3.34. The lowest BCUT2D eigenvalue weighted by atomic mass is 9.95. The highest BCUT2D eigenvalue weighted by Gasteiger charge is 2.40. The number of hydrogen-bond acceptors (Lipinski definition) is 6. The fraction of sp³-hybridized carbons (Fsp3) is 0.312. The van der Waals surface area contributed by atoms with Crippen molar-refractivity contribution in [1.29, 1.82) is 0 Å². The summed E-state index contributed by atoms with van der Waals surface area (Å²) in [6, 6.07) is 5.49. The van der Waals surface area contributed by atoms with Crippen molar-refractivity contribution in [3.63, 3.8) is 0 Å². The second-order valence-corrected chi connectivity index (χ2v) is 4.94. The highest BCUT2D eigenvalue weighted by molar-refractivity contribution is 6.04. The van der Waals surface area contributed by atoms with E-state index in [4.69, 9.17) is 4.74 Å². The van der Waals surface area contributed by atoms with Gasteiger partial charge in [0.1, 0.15) is 11.7 Å². The number of carbonyl (C=O) groups excluding carboxylic acids is 3. The smallest absolute Gasteiger partial charge is 0.336 e. The Labute approximate surface area is 132 Å². The molecule has 0 aromatic heterocycles. The molecule has 0 aliphatic carbocycles. The SMILES string of the molecule is CCOC(=O)/C(=C(/C)Nc1ccc(F)cc1)[C@@H]1CC(=O)OC1=O. The van der Waals surface area contributed by atoms with E-state index in [0.29, 0.717) is 11.4 Å². The van der Waals surface area contributed by atoms with Gasteiger partial charge in [-0.3, -0.25) is 9.59 Å². The van der Waals surface area contributed by atoms with Gasteiger partial charge in [0, 0.05) is 11.4 Å². The second-order valence-electron chi connectivity index (χ2n) is 4.94. The fourth-order valence-corrected chi connectivity index (χ4v) is 2.28. The zero-order chi connectivity index (χ0) is 17.0. The average Bonchev–Trinajstić information content (AvgIpc) is 2.80. The zero-order valence-corrected chi connectivity index (χ0v) is 12.7. The maximum atomic E-state index is 12.9. The molecule has 0 saturated carbocycles. The minimum atomic E-state index is -1.01. The lowest BCUT2D eigenvalue weighted by Crippen LogP contribution is -2.23. The van der Waals surface area contributed by atoms with Crippen LogP contribution in [0.1, 0.15) is 20.3 Å². The molecule has 0 radical (unpaired) electrons. The standard InChI is InChI=1S/C16H16FNO5/c1-3-22-16(21)14(12-8-13(19)23-15(12)20)9(2)18-11-6-4-10(17)5-7-11/h4-7,12,18H,3,8H2,1-2H3/b14-9-/t12-/m0/s1. The molecule has 0 bridgehead atoms. The van der Waals surface area contributed by atoms with Gasteiger partial charge in [-0.2, -0.15) is 0 Å². The molecule has 1 aliphatic heterocycles. The van der Waals surface area contributed by atoms with Crippen molar-refractivity contribution in [1.82, 2.24) is 0 Å². The average molecular weight is 321 g/mol. The van der Waals surface area contributed by atoms with E-state index in [0.717, 1.165) is 0 Å². The molecule has 1 fully saturated rings. The first-order valence-corrected chi connectivity index (χ1v) is 7.07. The predicted octanol–water partition coefficient (Wildman–Crippen LogP) is 2.16. The molecule has 7 heteroatoms. The summed E-state index contributed by atoms with van der Waals surface area (Å²) in [5.74, 6) is -3.56. The Morgan fingerprint density at radius 1 is 1.35 bits per heavy atom. The third-order valence-corrected chi connectivity index (χ3v) is 3.29. The van der Waals surface area contributed by atoms with E-state index in [2.05, 4.69) is 10.1 Å². The first-order valence-electron chi connectivity index (χ1n) is 7.07. The molecular formula is C16H16FNO5. The van der Waals surface area contributed by atoms with E-state index in [1.165, 1.54) is 24.3 Å². The number of halogens is 1. The van der Waals surface area contributed by atoms with Crippen molar-refractivity contribution >= 4 is 23.6 Å². The third-order valence-electron chi connectivity index (χ3n) is 3.29. The van der Waals surface area contributed by atoms with Crippen molar-refractivity contribution < 1.29 is 28.2 Å². The van der Waals surface area contributed by atoms with E-state index in [1.807, 2.05) is 0 Å². The molecule has 6 nitrogen and oxygen atoms in total. The van der Waals surface area contributed by atoms with Gasteiger partial charge >= 0.3 is 17.9 Å². The number of hydrogen-bond donors (Lipinski definition) is 1. The van der Waals surface area contributed by atoms with Gasteiger partial charge in [0.2, 0.25) is 0 Å². The van der Waals surface area contributed by atoms with Crippen molar-refractivity contribution in [2.75, 3.05) is 11.9 Å². The summed E-state index contributed by atoms with van der Waals surface area (Å²) in [5.41, 5.74) is 0.905. The Morgan fingerprint density at radius 2 is 2.00 bits per heavy atom. The number of carbonyl (C=O) groups is 3. The van der Waals surface area contributed by atoms with Crippen LogP contribution in [0.5, 0.6) is 0 Å². The quantitative estimate of drug-likeness (QED) is 0.508. The summed E-state index contributed by atoms with van der Waals surface area (Å²) >= 11 is 0. The van der Waals surface area contributed by atoms with Crippen LogP contribution < -0.4 is 5.32 Å². The zero-order valence-electron chi connectivity index (χ0n) is 12.7. The van der Waals surface area contributed by atoms with Crippen LogP contribution in [0.25, 0.3) is 0 Å². The van der Waals surface area contributed by atoms with E-state index < -0.39 is 29.6 Å². The summed E-state index contributed by atoms with van der Waals surface area (Å²) in [6.07, 6.45) is -0.213. The van der Waals surface area contributed by atoms with E-state index in [9.17, 15) is 18.8 Å². The Morgan fingerprint density at radius 3 is 2.52 bits per heavy atom. The predicted molar refractivity (Wildman–Crippen MR) is 78.6 cm³/mol. The summed E-state index contributed by atoms with van der Waals surface area (Å²) in [4.78, 5) is 35.2. The lowest BCUT2D eigenvalue weighted by molar-refractivity contribution is -0.153. The Bertz CT molecular complexity index is 666. The van der Waals surface area contributed by atoms with Crippen LogP contribution in [0.4, 0.5) is 10.1 Å². The van der Waals surface area contributed by atoms with Crippen LogP contribution >= 0.6 is 0 Å². The first kappa shape index (κ1) is 16.7. The maximum Gasteiger partial charge on any atom is 0.336 e. The van der Waals surface area contributed by atoms with Crippen LogP contribution in [0.2, 0.25) is 0 Å². The molecule has 0 unspecified atom stereocenters. The summed E-state index contributed by atoms with van der Waals surface area (Å²) in [5, 5.41) is 2.91. The lowest BCUT2D eigenvalue weighted by Gasteiger charge is -2.15. The van der Waals surface area contributed by atoms with Crippen LogP contribution in [-0.4, -0.2) is 24.5 Å². The number of allylic oxidation sites excluding steroid dienone is 1. The molecule has 1 saturated heterocycles. The second kappa shape index (κ2) is 7.04. The van der Waals surface area contributed by atoms with Gasteiger partial charge in [-0.25, -0.2) is 9.18 Å². The van der Waals surface area contributed by atoms with Crippen LogP contribution in [0.15, 0.2) is 35.5 Å². The number of nitrogens with one attached hydrogen (secondary N) is 1. The van der Waals surface area contributed by atoms with Gasteiger partial charge in [0.15, 0.2) is 0 Å². The largest absolute Gasteiger partial charge is 0.463 e. The number of ether oxygens (including phenoxy) is 2.